The summed E-state index contributed by atoms with van der Waals surface area (Å²) in [6, 6.07) is 2.11. The van der Waals surface area contributed by atoms with E-state index >= 15 is 0 Å². The highest BCUT2D eigenvalue weighted by Crippen LogP contribution is 2.59. The molecule has 0 aliphatic rings. The van der Waals surface area contributed by atoms with Crippen LogP contribution in [0.3, 0.4) is 0 Å². The monoisotopic (exact) mass is 792 g/mol. The molecule has 28 heteroatoms. The molecule has 0 radical (unpaired) electrons. The number of amides is 2. The van der Waals surface area contributed by atoms with E-state index in [1.165, 1.54) is 0 Å². The molecule has 0 saturated carbocycles. The maximum Gasteiger partial charge on any atom is 0.392 e. The van der Waals surface area contributed by atoms with Crippen molar-refractivity contribution in [3.63, 3.8) is 0 Å². The number of halogens is 24. The lowest BCUT2D eigenvalue weighted by Gasteiger charge is -2.38. The van der Waals surface area contributed by atoms with E-state index in [0.29, 0.717) is 34.9 Å². The van der Waals surface area contributed by atoms with Crippen molar-refractivity contribution in [2.45, 2.75) is 85.2 Å². The lowest BCUT2D eigenvalue weighted by molar-refractivity contribution is -0.407. The lowest BCUT2D eigenvalue weighted by Crippen LogP contribution is -2.70. The fourth-order valence-corrected chi connectivity index (χ4v) is 3.20. The van der Waals surface area contributed by atoms with Gasteiger partial charge in [-0.2, -0.15) is 87.8 Å². The third kappa shape index (κ3) is 6.65. The summed E-state index contributed by atoms with van der Waals surface area (Å²) >= 11 is 0. The third-order valence-corrected chi connectivity index (χ3v) is 6.22. The fourth-order valence-electron chi connectivity index (χ4n) is 3.20. The molecule has 50 heavy (non-hydrogen) atoms. The van der Waals surface area contributed by atoms with Gasteiger partial charge in [-0.3, -0.25) is 9.59 Å². The summed E-state index contributed by atoms with van der Waals surface area (Å²) < 4.78 is 318. The highest BCUT2D eigenvalue weighted by molar-refractivity contribution is 5.85. The molecular weight excluding hydrogens is 780 g/mol. The zero-order chi connectivity index (χ0) is 40.1. The zero-order valence-corrected chi connectivity index (χ0v) is 22.8. The summed E-state index contributed by atoms with van der Waals surface area (Å²) in [6.45, 7) is -3.31. The first-order valence-electron chi connectivity index (χ1n) is 11.9. The topological polar surface area (TPSA) is 58.2 Å². The number of nitrogens with one attached hydrogen (secondary N) is 2. The molecule has 1 aromatic rings. The van der Waals surface area contributed by atoms with E-state index in [0.717, 1.165) is 0 Å². The van der Waals surface area contributed by atoms with Gasteiger partial charge in [-0.1, -0.05) is 24.3 Å². The van der Waals surface area contributed by atoms with Gasteiger partial charge in [0.2, 0.25) is 0 Å². The minimum atomic E-state index is -8.08. The number of hydrogen-bond acceptors (Lipinski definition) is 2. The van der Waals surface area contributed by atoms with Crippen LogP contribution >= 0.6 is 0 Å². The average molecular weight is 792 g/mol. The predicted octanol–water partition coefficient (Wildman–Crippen LogP) is 7.80. The summed E-state index contributed by atoms with van der Waals surface area (Å²) in [6.07, 6.45) is -11.7. The van der Waals surface area contributed by atoms with Gasteiger partial charge in [-0.05, 0) is 11.1 Å². The van der Waals surface area contributed by atoms with Gasteiger partial charge in [0.25, 0.3) is 11.8 Å². The second-order valence-corrected chi connectivity index (χ2v) is 9.63. The summed E-state index contributed by atoms with van der Waals surface area (Å²) in [5.74, 6) is -84.1. The van der Waals surface area contributed by atoms with E-state index in [2.05, 4.69) is 0 Å². The average Bonchev–Trinajstić information content (AvgIpc) is 2.97. The lowest BCUT2D eigenvalue weighted by atomic mass is 9.94. The Morgan fingerprint density at radius 2 is 0.720 bits per heavy atom. The Balaban J connectivity index is 3.19. The Morgan fingerprint density at radius 1 is 0.460 bits per heavy atom. The third-order valence-electron chi connectivity index (χ3n) is 6.22. The Hall–Kier alpha value is -3.52. The molecule has 1 rings (SSSR count). The van der Waals surface area contributed by atoms with Crippen LogP contribution in [0.4, 0.5) is 105 Å². The highest BCUT2D eigenvalue weighted by atomic mass is 19.4. The maximum absolute atomic E-state index is 13.9. The molecule has 2 amide bonds. The fraction of sp³-hybridized carbons (Fsp3) is 0.636. The molecule has 0 aromatic heterocycles. The number of rotatable bonds is 16. The van der Waals surface area contributed by atoms with E-state index in [1.807, 2.05) is 0 Å². The molecular formula is C22H12F24N2O2. The van der Waals surface area contributed by atoms with Gasteiger partial charge in [0, 0.05) is 13.1 Å². The van der Waals surface area contributed by atoms with Crippen LogP contribution in [0.2, 0.25) is 0 Å². The Morgan fingerprint density at radius 3 is 0.960 bits per heavy atom. The summed E-state index contributed by atoms with van der Waals surface area (Å²) in [4.78, 5) is 23.1. The van der Waals surface area contributed by atoms with Gasteiger partial charge in [-0.25, -0.2) is 17.6 Å². The molecule has 1 aromatic carbocycles. The van der Waals surface area contributed by atoms with Crippen molar-refractivity contribution in [2.24, 2.45) is 0 Å². The van der Waals surface area contributed by atoms with Gasteiger partial charge in [0.1, 0.15) is 0 Å². The van der Waals surface area contributed by atoms with Gasteiger partial charge in [0.05, 0.1) is 0 Å². The van der Waals surface area contributed by atoms with Gasteiger partial charge in [0.15, 0.2) is 0 Å². The van der Waals surface area contributed by atoms with Crippen molar-refractivity contribution in [1.82, 2.24) is 10.6 Å². The number of hydrogen-bond donors (Lipinski definition) is 2. The van der Waals surface area contributed by atoms with E-state index in [1.54, 1.807) is 0 Å². The molecule has 0 aliphatic carbocycles. The molecule has 4 nitrogen and oxygen atoms in total. The van der Waals surface area contributed by atoms with Crippen LogP contribution in [-0.4, -0.2) is 83.9 Å². The molecule has 290 valence electrons. The van der Waals surface area contributed by atoms with Crippen LogP contribution < -0.4 is 10.6 Å². The maximum atomic E-state index is 13.9. The van der Waals surface area contributed by atoms with Crippen LogP contribution in [0.5, 0.6) is 0 Å². The van der Waals surface area contributed by atoms with E-state index in [9.17, 15) is 115 Å². The van der Waals surface area contributed by atoms with Crippen LogP contribution in [-0.2, 0) is 22.7 Å². The first-order chi connectivity index (χ1) is 21.9. The van der Waals surface area contributed by atoms with Crippen molar-refractivity contribution in [3.05, 3.63) is 35.4 Å². The number of carbonyl (C=O) groups is 2. The van der Waals surface area contributed by atoms with Crippen molar-refractivity contribution in [3.8, 4) is 0 Å². The molecule has 2 N–H and O–H groups in total. The van der Waals surface area contributed by atoms with Gasteiger partial charge in [-0.15, -0.1) is 0 Å². The molecule has 0 spiro atoms. The van der Waals surface area contributed by atoms with Crippen molar-refractivity contribution < 1.29 is 115 Å². The highest BCUT2D eigenvalue weighted by Gasteiger charge is 2.90. The quantitative estimate of drug-likeness (QED) is 0.168. The molecule has 0 unspecified atom stereocenters. The molecule has 0 saturated heterocycles. The number of benzene rings is 1. The molecule has 0 atom stereocenters. The van der Waals surface area contributed by atoms with Crippen molar-refractivity contribution in [1.29, 1.82) is 0 Å². The van der Waals surface area contributed by atoms with Crippen LogP contribution in [0.25, 0.3) is 0 Å². The van der Waals surface area contributed by atoms with Crippen molar-refractivity contribution in [2.75, 3.05) is 0 Å². The SMILES string of the molecule is O=C(NCc1cccc(CNC(=O)C(F)(F)C(F)(F)C(F)(F)C(F)(F)C(F)(F)C(F)F)c1)C(F)(F)C(F)(F)C(F)(F)C(F)(F)C(F)(F)C(F)F. The summed E-state index contributed by atoms with van der Waals surface area (Å²) in [5.41, 5.74) is -1.63. The molecule has 0 aliphatic heterocycles. The largest absolute Gasteiger partial charge is 0.392 e. The summed E-state index contributed by atoms with van der Waals surface area (Å²) in [5, 5.41) is 1.32. The standard InChI is InChI=1S/C22H12F24N2O2/c23-9(24)13(27,28)17(35,36)21(43,44)19(39,40)15(31,32)11(49)47-5-7-2-1-3-8(4-7)6-48-12(50)16(33,34)20(41,42)22(45,46)18(37,38)14(29,30)10(25)26/h1-4,9-10H,5-6H2,(H,47,49)(H,48,50). The zero-order valence-electron chi connectivity index (χ0n) is 22.8. The second kappa shape index (κ2) is 13.2. The molecule has 0 bridgehead atoms. The molecule has 0 heterocycles. The van der Waals surface area contributed by atoms with Gasteiger partial charge < -0.3 is 10.6 Å². The van der Waals surface area contributed by atoms with E-state index in [-0.39, 0.29) is 0 Å². The smallest absolute Gasteiger partial charge is 0.347 e. The Labute approximate surface area is 259 Å². The minimum absolute atomic E-state index is 0.338. The first-order valence-corrected chi connectivity index (χ1v) is 11.9. The van der Waals surface area contributed by atoms with Crippen molar-refractivity contribution >= 4 is 11.8 Å². The van der Waals surface area contributed by atoms with Crippen LogP contribution in [0, 0.1) is 0 Å². The first kappa shape index (κ1) is 44.5. The van der Waals surface area contributed by atoms with Crippen LogP contribution in [0.15, 0.2) is 24.3 Å². The predicted molar refractivity (Wildman–Crippen MR) is 112 cm³/mol. The second-order valence-electron chi connectivity index (χ2n) is 9.63. The summed E-state index contributed by atoms with van der Waals surface area (Å²) in [7, 11) is 0. The Bertz CT molecular complexity index is 1290. The van der Waals surface area contributed by atoms with E-state index < -0.39 is 108 Å². The Kier molecular flexibility index (Phi) is 11.8. The normalized spacial score (nSPS) is 15.1. The minimum Gasteiger partial charge on any atom is -0.347 e. The number of carbonyl (C=O) groups excluding carboxylic acids is 2. The molecule has 0 fully saturated rings. The number of alkyl halides is 24. The van der Waals surface area contributed by atoms with Crippen LogP contribution in [0.1, 0.15) is 11.1 Å². The van der Waals surface area contributed by atoms with Gasteiger partial charge >= 0.3 is 72.1 Å². The van der Waals surface area contributed by atoms with E-state index in [4.69, 9.17) is 0 Å².